The Morgan fingerprint density at radius 3 is 2.71 bits per heavy atom. The third kappa shape index (κ3) is 3.54. The molecule has 2 rings (SSSR count). The van der Waals surface area contributed by atoms with Crippen LogP contribution in [0.5, 0.6) is 0 Å². The average Bonchev–Trinajstić information content (AvgIpc) is 2.30. The van der Waals surface area contributed by atoms with Crippen molar-refractivity contribution in [2.75, 3.05) is 5.32 Å². The van der Waals surface area contributed by atoms with E-state index in [0.29, 0.717) is 0 Å². The lowest BCUT2D eigenvalue weighted by molar-refractivity contribution is 1.10. The standard InChI is InChI=1S/C13H12Br2N2/c1-9-2-3-11(14)5-13(9)17-7-10-4-12(15)8-16-6-10/h2-6,8,17H,7H2,1H3. The Morgan fingerprint density at radius 1 is 1.12 bits per heavy atom. The highest BCUT2D eigenvalue weighted by atomic mass is 79.9. The van der Waals surface area contributed by atoms with Crippen molar-refractivity contribution >= 4 is 37.5 Å². The normalized spacial score (nSPS) is 10.3. The number of rotatable bonds is 3. The highest BCUT2D eigenvalue weighted by Gasteiger charge is 2.00. The Hall–Kier alpha value is -0.870. The van der Waals surface area contributed by atoms with Gasteiger partial charge in [0, 0.05) is 33.6 Å². The smallest absolute Gasteiger partial charge is 0.0416 e. The summed E-state index contributed by atoms with van der Waals surface area (Å²) in [6.45, 7) is 2.86. The van der Waals surface area contributed by atoms with Crippen molar-refractivity contribution in [3.05, 3.63) is 56.7 Å². The minimum absolute atomic E-state index is 0.768. The number of nitrogens with zero attached hydrogens (tertiary/aromatic N) is 1. The highest BCUT2D eigenvalue weighted by Crippen LogP contribution is 2.21. The van der Waals surface area contributed by atoms with Gasteiger partial charge in [0.25, 0.3) is 0 Å². The molecule has 1 heterocycles. The molecule has 1 N–H and O–H groups in total. The first kappa shape index (κ1) is 12.6. The second kappa shape index (κ2) is 5.65. The van der Waals surface area contributed by atoms with Crippen LogP contribution in [0.1, 0.15) is 11.1 Å². The molecule has 0 bridgehead atoms. The zero-order valence-electron chi connectivity index (χ0n) is 9.37. The van der Waals surface area contributed by atoms with E-state index in [9.17, 15) is 0 Å². The second-order valence-electron chi connectivity index (χ2n) is 3.82. The van der Waals surface area contributed by atoms with Crippen molar-refractivity contribution < 1.29 is 0 Å². The van der Waals surface area contributed by atoms with Crippen LogP contribution >= 0.6 is 31.9 Å². The first-order valence-corrected chi connectivity index (χ1v) is 6.83. The molecule has 1 aromatic heterocycles. The maximum atomic E-state index is 4.14. The Morgan fingerprint density at radius 2 is 1.94 bits per heavy atom. The van der Waals surface area contributed by atoms with E-state index >= 15 is 0 Å². The quantitative estimate of drug-likeness (QED) is 0.875. The van der Waals surface area contributed by atoms with Crippen molar-refractivity contribution in [1.29, 1.82) is 0 Å². The molecule has 0 unspecified atom stereocenters. The van der Waals surface area contributed by atoms with E-state index in [1.54, 1.807) is 6.20 Å². The van der Waals surface area contributed by atoms with Crippen LogP contribution in [0.4, 0.5) is 5.69 Å². The summed E-state index contributed by atoms with van der Waals surface area (Å²) < 4.78 is 2.08. The minimum Gasteiger partial charge on any atom is -0.381 e. The van der Waals surface area contributed by atoms with E-state index in [1.165, 1.54) is 5.56 Å². The van der Waals surface area contributed by atoms with Crippen LogP contribution in [0.3, 0.4) is 0 Å². The molecule has 1 aromatic carbocycles. The highest BCUT2D eigenvalue weighted by molar-refractivity contribution is 9.10. The van der Waals surface area contributed by atoms with E-state index in [4.69, 9.17) is 0 Å². The lowest BCUT2D eigenvalue weighted by Gasteiger charge is -2.10. The van der Waals surface area contributed by atoms with Gasteiger partial charge in [-0.25, -0.2) is 0 Å². The van der Waals surface area contributed by atoms with Crippen LogP contribution in [0.2, 0.25) is 0 Å². The average molecular weight is 356 g/mol. The summed E-state index contributed by atoms with van der Waals surface area (Å²) in [6.07, 6.45) is 3.65. The summed E-state index contributed by atoms with van der Waals surface area (Å²) in [5.41, 5.74) is 3.52. The van der Waals surface area contributed by atoms with Crippen LogP contribution in [-0.2, 0) is 6.54 Å². The Bertz CT molecular complexity index is 527. The van der Waals surface area contributed by atoms with Gasteiger partial charge in [-0.2, -0.15) is 0 Å². The van der Waals surface area contributed by atoms with Crippen LogP contribution in [-0.4, -0.2) is 4.98 Å². The van der Waals surface area contributed by atoms with Crippen molar-refractivity contribution in [2.45, 2.75) is 13.5 Å². The molecule has 0 saturated carbocycles. The van der Waals surface area contributed by atoms with E-state index in [1.807, 2.05) is 12.3 Å². The van der Waals surface area contributed by atoms with E-state index in [2.05, 4.69) is 67.3 Å². The van der Waals surface area contributed by atoms with E-state index in [0.717, 1.165) is 26.7 Å². The first-order valence-electron chi connectivity index (χ1n) is 5.24. The van der Waals surface area contributed by atoms with Crippen LogP contribution in [0.15, 0.2) is 45.6 Å². The first-order chi connectivity index (χ1) is 8.15. The van der Waals surface area contributed by atoms with Gasteiger partial charge in [-0.05, 0) is 52.2 Å². The van der Waals surface area contributed by atoms with Gasteiger partial charge in [0.05, 0.1) is 0 Å². The van der Waals surface area contributed by atoms with Crippen LogP contribution in [0, 0.1) is 6.92 Å². The number of benzene rings is 1. The van der Waals surface area contributed by atoms with Crippen molar-refractivity contribution in [3.8, 4) is 0 Å². The number of pyridine rings is 1. The van der Waals surface area contributed by atoms with Gasteiger partial charge in [0.15, 0.2) is 0 Å². The largest absolute Gasteiger partial charge is 0.381 e. The zero-order chi connectivity index (χ0) is 12.3. The van der Waals surface area contributed by atoms with Crippen molar-refractivity contribution in [3.63, 3.8) is 0 Å². The molecule has 0 aliphatic rings. The molecule has 0 saturated heterocycles. The van der Waals surface area contributed by atoms with Gasteiger partial charge in [-0.1, -0.05) is 22.0 Å². The molecule has 0 radical (unpaired) electrons. The van der Waals surface area contributed by atoms with Crippen LogP contribution < -0.4 is 5.32 Å². The number of nitrogens with one attached hydrogen (secondary N) is 1. The molecule has 2 aromatic rings. The van der Waals surface area contributed by atoms with Crippen molar-refractivity contribution in [2.24, 2.45) is 0 Å². The topological polar surface area (TPSA) is 24.9 Å². The van der Waals surface area contributed by atoms with Crippen molar-refractivity contribution in [1.82, 2.24) is 4.98 Å². The third-order valence-corrected chi connectivity index (χ3v) is 3.37. The number of hydrogen-bond donors (Lipinski definition) is 1. The summed E-state index contributed by atoms with van der Waals surface area (Å²) in [6, 6.07) is 8.28. The number of halogens is 2. The number of anilines is 1. The summed E-state index contributed by atoms with van der Waals surface area (Å²) >= 11 is 6.89. The Balaban J connectivity index is 2.09. The molecule has 88 valence electrons. The monoisotopic (exact) mass is 354 g/mol. The second-order valence-corrected chi connectivity index (χ2v) is 5.66. The Labute approximate surface area is 118 Å². The lowest BCUT2D eigenvalue weighted by atomic mass is 10.2. The predicted octanol–water partition coefficient (Wildman–Crippen LogP) is 4.53. The number of aromatic nitrogens is 1. The van der Waals surface area contributed by atoms with Gasteiger partial charge in [0.2, 0.25) is 0 Å². The number of hydrogen-bond acceptors (Lipinski definition) is 2. The maximum absolute atomic E-state index is 4.14. The van der Waals surface area contributed by atoms with E-state index < -0.39 is 0 Å². The molecule has 0 aliphatic heterocycles. The maximum Gasteiger partial charge on any atom is 0.0416 e. The predicted molar refractivity (Wildman–Crippen MR) is 78.1 cm³/mol. The fourth-order valence-electron chi connectivity index (χ4n) is 1.53. The third-order valence-electron chi connectivity index (χ3n) is 2.44. The van der Waals surface area contributed by atoms with Gasteiger partial charge >= 0.3 is 0 Å². The van der Waals surface area contributed by atoms with Gasteiger partial charge in [-0.3, -0.25) is 4.98 Å². The SMILES string of the molecule is Cc1ccc(Br)cc1NCc1cncc(Br)c1. The van der Waals surface area contributed by atoms with Gasteiger partial charge < -0.3 is 5.32 Å². The van der Waals surface area contributed by atoms with Gasteiger partial charge in [-0.15, -0.1) is 0 Å². The summed E-state index contributed by atoms with van der Waals surface area (Å²) in [5, 5.41) is 3.41. The molecule has 0 atom stereocenters. The van der Waals surface area contributed by atoms with Crippen LogP contribution in [0.25, 0.3) is 0 Å². The molecule has 17 heavy (non-hydrogen) atoms. The Kier molecular flexibility index (Phi) is 4.18. The molecule has 0 amide bonds. The molecular weight excluding hydrogens is 344 g/mol. The molecule has 2 nitrogen and oxygen atoms in total. The molecule has 0 aliphatic carbocycles. The molecule has 0 spiro atoms. The van der Waals surface area contributed by atoms with Gasteiger partial charge in [0.1, 0.15) is 0 Å². The minimum atomic E-state index is 0.768. The molecule has 0 fully saturated rings. The zero-order valence-corrected chi connectivity index (χ0v) is 12.5. The van der Waals surface area contributed by atoms with E-state index in [-0.39, 0.29) is 0 Å². The fraction of sp³-hybridized carbons (Fsp3) is 0.154. The lowest BCUT2D eigenvalue weighted by Crippen LogP contribution is -2.01. The number of aryl methyl sites for hydroxylation is 1. The summed E-state index contributed by atoms with van der Waals surface area (Å²) in [5.74, 6) is 0. The molecule has 4 heteroatoms. The summed E-state index contributed by atoms with van der Waals surface area (Å²) in [7, 11) is 0. The molecular formula is C13H12Br2N2. The fourth-order valence-corrected chi connectivity index (χ4v) is 2.31. The summed E-state index contributed by atoms with van der Waals surface area (Å²) in [4.78, 5) is 4.14.